The van der Waals surface area contributed by atoms with Crippen molar-refractivity contribution in [2.24, 2.45) is 0 Å². The van der Waals surface area contributed by atoms with E-state index in [1.165, 1.54) is 4.90 Å². The van der Waals surface area contributed by atoms with Gasteiger partial charge in [0.25, 0.3) is 11.8 Å². The Balaban J connectivity index is 1.54. The third-order valence-corrected chi connectivity index (χ3v) is 5.15. The Kier molecular flexibility index (Phi) is 3.95. The van der Waals surface area contributed by atoms with E-state index >= 15 is 0 Å². The second kappa shape index (κ2) is 6.15. The van der Waals surface area contributed by atoms with Crippen LogP contribution in [0.3, 0.4) is 0 Å². The molecule has 7 nitrogen and oxygen atoms in total. The summed E-state index contributed by atoms with van der Waals surface area (Å²) in [6, 6.07) is 6.72. The second-order valence-corrected chi connectivity index (χ2v) is 6.87. The van der Waals surface area contributed by atoms with E-state index in [2.05, 4.69) is 15.5 Å². The molecule has 25 heavy (non-hydrogen) atoms. The predicted octanol–water partition coefficient (Wildman–Crippen LogP) is 3.14. The van der Waals surface area contributed by atoms with Crippen molar-refractivity contribution in [1.82, 2.24) is 20.4 Å². The number of halogens is 1. The van der Waals surface area contributed by atoms with Crippen LogP contribution in [0, 0.1) is 0 Å². The SMILES string of the molecule is O=C1NC2(CCCCC2)C(=O)N1Cc1noc(-c2ccccc2Cl)n1. The van der Waals surface area contributed by atoms with Gasteiger partial charge in [-0.15, -0.1) is 0 Å². The Morgan fingerprint density at radius 3 is 2.72 bits per heavy atom. The molecule has 2 aliphatic rings. The van der Waals surface area contributed by atoms with E-state index in [1.807, 2.05) is 6.07 Å². The van der Waals surface area contributed by atoms with Gasteiger partial charge in [-0.1, -0.05) is 48.2 Å². The van der Waals surface area contributed by atoms with Crippen LogP contribution in [0.2, 0.25) is 5.02 Å². The fraction of sp³-hybridized carbons (Fsp3) is 0.412. The van der Waals surface area contributed by atoms with E-state index in [4.69, 9.17) is 16.1 Å². The van der Waals surface area contributed by atoms with Crippen molar-refractivity contribution in [3.8, 4) is 11.5 Å². The molecule has 1 saturated heterocycles. The van der Waals surface area contributed by atoms with Crippen molar-refractivity contribution >= 4 is 23.5 Å². The van der Waals surface area contributed by atoms with Crippen molar-refractivity contribution < 1.29 is 14.1 Å². The summed E-state index contributed by atoms with van der Waals surface area (Å²) in [7, 11) is 0. The summed E-state index contributed by atoms with van der Waals surface area (Å²) in [5.41, 5.74) is -0.131. The summed E-state index contributed by atoms with van der Waals surface area (Å²) in [6.45, 7) is -0.0135. The Bertz CT molecular complexity index is 829. The van der Waals surface area contributed by atoms with Gasteiger partial charge >= 0.3 is 6.03 Å². The molecule has 1 spiro atoms. The number of rotatable bonds is 3. The quantitative estimate of drug-likeness (QED) is 0.849. The van der Waals surface area contributed by atoms with Gasteiger partial charge in [0.2, 0.25) is 0 Å². The molecule has 2 heterocycles. The number of aromatic nitrogens is 2. The van der Waals surface area contributed by atoms with Crippen LogP contribution in [0.15, 0.2) is 28.8 Å². The Morgan fingerprint density at radius 1 is 1.20 bits per heavy atom. The topological polar surface area (TPSA) is 88.3 Å². The number of hydrogen-bond donors (Lipinski definition) is 1. The third kappa shape index (κ3) is 2.78. The number of benzene rings is 1. The van der Waals surface area contributed by atoms with Gasteiger partial charge in [-0.2, -0.15) is 4.98 Å². The van der Waals surface area contributed by atoms with Crippen LogP contribution in [0.4, 0.5) is 4.79 Å². The number of nitrogens with one attached hydrogen (secondary N) is 1. The fourth-order valence-corrected chi connectivity index (χ4v) is 3.73. The second-order valence-electron chi connectivity index (χ2n) is 6.46. The van der Waals surface area contributed by atoms with Crippen molar-refractivity contribution in [3.63, 3.8) is 0 Å². The van der Waals surface area contributed by atoms with Crippen LogP contribution < -0.4 is 5.32 Å². The zero-order valence-corrected chi connectivity index (χ0v) is 14.3. The van der Waals surface area contributed by atoms with Crippen LogP contribution in [0.25, 0.3) is 11.5 Å². The van der Waals surface area contributed by atoms with Gasteiger partial charge in [0.05, 0.1) is 17.1 Å². The number of hydrogen-bond acceptors (Lipinski definition) is 5. The van der Waals surface area contributed by atoms with E-state index in [9.17, 15) is 9.59 Å². The van der Waals surface area contributed by atoms with E-state index in [-0.39, 0.29) is 24.2 Å². The van der Waals surface area contributed by atoms with Gasteiger partial charge in [0.1, 0.15) is 5.54 Å². The molecule has 2 fully saturated rings. The van der Waals surface area contributed by atoms with Crippen LogP contribution in [0.5, 0.6) is 0 Å². The summed E-state index contributed by atoms with van der Waals surface area (Å²) in [4.78, 5) is 30.5. The van der Waals surface area contributed by atoms with E-state index < -0.39 is 11.6 Å². The summed E-state index contributed by atoms with van der Waals surface area (Å²) in [5, 5.41) is 7.24. The minimum atomic E-state index is -0.745. The van der Waals surface area contributed by atoms with E-state index in [1.54, 1.807) is 18.2 Å². The molecule has 0 atom stereocenters. The number of urea groups is 1. The van der Waals surface area contributed by atoms with Crippen molar-refractivity contribution in [2.45, 2.75) is 44.2 Å². The molecule has 130 valence electrons. The maximum Gasteiger partial charge on any atom is 0.325 e. The first kappa shape index (κ1) is 16.1. The predicted molar refractivity (Wildman–Crippen MR) is 89.6 cm³/mol. The summed E-state index contributed by atoms with van der Waals surface area (Å²) < 4.78 is 5.23. The normalized spacial score (nSPS) is 19.5. The average molecular weight is 361 g/mol. The van der Waals surface area contributed by atoms with Crippen LogP contribution in [-0.2, 0) is 11.3 Å². The molecule has 1 aliphatic heterocycles. The molecule has 1 aromatic heterocycles. The van der Waals surface area contributed by atoms with Crippen LogP contribution >= 0.6 is 11.6 Å². The smallest absolute Gasteiger partial charge is 0.325 e. The van der Waals surface area contributed by atoms with Gasteiger partial charge in [-0.05, 0) is 25.0 Å². The molecule has 0 radical (unpaired) electrons. The lowest BCUT2D eigenvalue weighted by Crippen LogP contribution is -2.48. The molecule has 2 aromatic rings. The maximum absolute atomic E-state index is 12.8. The first-order chi connectivity index (χ1) is 12.1. The highest BCUT2D eigenvalue weighted by Crippen LogP contribution is 2.34. The highest BCUT2D eigenvalue weighted by atomic mass is 35.5. The number of amides is 3. The van der Waals surface area contributed by atoms with E-state index in [0.717, 1.165) is 19.3 Å². The van der Waals surface area contributed by atoms with E-state index in [0.29, 0.717) is 23.4 Å². The van der Waals surface area contributed by atoms with Crippen molar-refractivity contribution in [2.75, 3.05) is 0 Å². The molecular formula is C17H17ClN4O3. The van der Waals surface area contributed by atoms with Gasteiger partial charge in [-0.25, -0.2) is 4.79 Å². The molecule has 8 heteroatoms. The molecule has 1 aromatic carbocycles. The zero-order chi connectivity index (χ0) is 17.4. The molecular weight excluding hydrogens is 344 g/mol. The zero-order valence-electron chi connectivity index (χ0n) is 13.5. The van der Waals surface area contributed by atoms with Crippen molar-refractivity contribution in [3.05, 3.63) is 35.1 Å². The number of carbonyl (C=O) groups excluding carboxylic acids is 2. The Labute approximate surface area is 149 Å². The fourth-order valence-electron chi connectivity index (χ4n) is 3.52. The monoisotopic (exact) mass is 360 g/mol. The summed E-state index contributed by atoms with van der Waals surface area (Å²) in [5.74, 6) is 0.340. The van der Waals surface area contributed by atoms with Crippen molar-refractivity contribution in [1.29, 1.82) is 0 Å². The molecule has 1 saturated carbocycles. The minimum absolute atomic E-state index is 0.0135. The lowest BCUT2D eigenvalue weighted by Gasteiger charge is -2.30. The Morgan fingerprint density at radius 2 is 1.96 bits per heavy atom. The summed E-state index contributed by atoms with van der Waals surface area (Å²) in [6.07, 6.45) is 4.35. The maximum atomic E-state index is 12.8. The highest BCUT2D eigenvalue weighted by Gasteiger charge is 2.51. The lowest BCUT2D eigenvalue weighted by atomic mass is 9.82. The lowest BCUT2D eigenvalue weighted by molar-refractivity contribution is -0.132. The van der Waals surface area contributed by atoms with Gasteiger partial charge < -0.3 is 9.84 Å². The molecule has 0 bridgehead atoms. The number of carbonyl (C=O) groups is 2. The van der Waals surface area contributed by atoms with Crippen LogP contribution in [0.1, 0.15) is 37.9 Å². The molecule has 1 aliphatic carbocycles. The molecule has 3 amide bonds. The van der Waals surface area contributed by atoms with Gasteiger partial charge in [-0.3, -0.25) is 9.69 Å². The largest absolute Gasteiger partial charge is 0.334 e. The average Bonchev–Trinajstić information content (AvgIpc) is 3.16. The minimum Gasteiger partial charge on any atom is -0.334 e. The standard InChI is InChI=1S/C17H17ClN4O3/c18-12-7-3-2-6-11(12)14-19-13(21-25-14)10-22-15(23)17(20-16(22)24)8-4-1-5-9-17/h2-3,6-7H,1,4-5,8-10H2,(H,20,24). The molecule has 1 N–H and O–H groups in total. The first-order valence-corrected chi connectivity index (χ1v) is 8.68. The first-order valence-electron chi connectivity index (χ1n) is 8.31. The molecule has 4 rings (SSSR count). The Hall–Kier alpha value is -2.41. The van der Waals surface area contributed by atoms with Gasteiger partial charge in [0, 0.05) is 0 Å². The third-order valence-electron chi connectivity index (χ3n) is 4.82. The number of nitrogens with zero attached hydrogens (tertiary/aromatic N) is 3. The van der Waals surface area contributed by atoms with Crippen LogP contribution in [-0.4, -0.2) is 32.5 Å². The van der Waals surface area contributed by atoms with Gasteiger partial charge in [0.15, 0.2) is 5.82 Å². The molecule has 0 unspecified atom stereocenters. The summed E-state index contributed by atoms with van der Waals surface area (Å²) >= 11 is 6.13. The highest BCUT2D eigenvalue weighted by molar-refractivity contribution is 6.33. The number of imide groups is 1.